The van der Waals surface area contributed by atoms with E-state index in [1.54, 1.807) is 4.90 Å². The third-order valence-electron chi connectivity index (χ3n) is 3.05. The Morgan fingerprint density at radius 2 is 1.62 bits per heavy atom. The number of nitrogen functional groups attached to an aromatic ring is 1. The number of hydrogen-bond acceptors (Lipinski definition) is 6. The zero-order valence-corrected chi connectivity index (χ0v) is 13.2. The monoisotopic (exact) mass is 286 g/mol. The molecule has 0 bridgehead atoms. The van der Waals surface area contributed by atoms with E-state index in [2.05, 4.69) is 53.2 Å². The van der Waals surface area contributed by atoms with Gasteiger partial charge in [-0.1, -0.05) is 32.9 Å². The zero-order valence-electron chi connectivity index (χ0n) is 13.2. The van der Waals surface area contributed by atoms with Crippen molar-refractivity contribution in [2.45, 2.75) is 26.2 Å². The van der Waals surface area contributed by atoms with Crippen molar-refractivity contribution in [2.75, 3.05) is 30.0 Å². The molecule has 1 aromatic heterocycles. The van der Waals surface area contributed by atoms with Crippen LogP contribution in [0.3, 0.4) is 0 Å². The van der Waals surface area contributed by atoms with Crippen LogP contribution in [0.25, 0.3) is 0 Å². The summed E-state index contributed by atoms with van der Waals surface area (Å²) >= 11 is 0. The molecule has 0 aliphatic rings. The first-order valence-electron chi connectivity index (χ1n) is 6.82. The van der Waals surface area contributed by atoms with E-state index in [9.17, 15) is 0 Å². The Labute approximate surface area is 125 Å². The SMILES string of the molecule is CN(C)c1nc(N)nc(Nc2ccc(C(C)(C)C)cc2)n1. The predicted octanol–water partition coefficient (Wildman–Crippen LogP) is 2.56. The van der Waals surface area contributed by atoms with Crippen molar-refractivity contribution in [1.29, 1.82) is 0 Å². The summed E-state index contributed by atoms with van der Waals surface area (Å²) < 4.78 is 0. The first-order valence-corrected chi connectivity index (χ1v) is 6.82. The first-order chi connectivity index (χ1) is 9.75. The van der Waals surface area contributed by atoms with E-state index in [1.165, 1.54) is 5.56 Å². The standard InChI is InChI=1S/C15H22N6/c1-15(2,3)10-6-8-11(9-7-10)17-13-18-12(16)19-14(20-13)21(4)5/h6-9H,1-5H3,(H3,16,17,18,19,20). The molecule has 1 aromatic carbocycles. The van der Waals surface area contributed by atoms with Gasteiger partial charge in [0.05, 0.1) is 0 Å². The van der Waals surface area contributed by atoms with Gasteiger partial charge in [0.2, 0.25) is 17.8 Å². The maximum atomic E-state index is 5.70. The van der Waals surface area contributed by atoms with Gasteiger partial charge in [-0.25, -0.2) is 0 Å². The van der Waals surface area contributed by atoms with Gasteiger partial charge in [0.15, 0.2) is 0 Å². The smallest absolute Gasteiger partial charge is 0.233 e. The molecule has 6 nitrogen and oxygen atoms in total. The van der Waals surface area contributed by atoms with Crippen LogP contribution in [-0.2, 0) is 5.41 Å². The lowest BCUT2D eigenvalue weighted by Crippen LogP contribution is -2.15. The maximum absolute atomic E-state index is 5.70. The lowest BCUT2D eigenvalue weighted by molar-refractivity contribution is 0.590. The predicted molar refractivity (Wildman–Crippen MR) is 87.0 cm³/mol. The molecule has 3 N–H and O–H groups in total. The van der Waals surface area contributed by atoms with E-state index in [0.717, 1.165) is 5.69 Å². The molecule has 0 saturated carbocycles. The second kappa shape index (κ2) is 5.55. The Bertz CT molecular complexity index is 613. The van der Waals surface area contributed by atoms with Gasteiger partial charge in [0.25, 0.3) is 0 Å². The van der Waals surface area contributed by atoms with Crippen molar-refractivity contribution >= 4 is 23.5 Å². The molecule has 0 saturated heterocycles. The molecule has 0 spiro atoms. The van der Waals surface area contributed by atoms with Gasteiger partial charge < -0.3 is 16.0 Å². The van der Waals surface area contributed by atoms with Gasteiger partial charge in [0, 0.05) is 19.8 Å². The highest BCUT2D eigenvalue weighted by molar-refractivity contribution is 5.56. The first kappa shape index (κ1) is 15.0. The van der Waals surface area contributed by atoms with Crippen molar-refractivity contribution in [1.82, 2.24) is 15.0 Å². The summed E-state index contributed by atoms with van der Waals surface area (Å²) in [5.41, 5.74) is 8.03. The van der Waals surface area contributed by atoms with Crippen LogP contribution in [0.1, 0.15) is 26.3 Å². The summed E-state index contributed by atoms with van der Waals surface area (Å²) in [5.74, 6) is 1.16. The Morgan fingerprint density at radius 1 is 1.00 bits per heavy atom. The number of nitrogens with one attached hydrogen (secondary N) is 1. The van der Waals surface area contributed by atoms with Gasteiger partial charge in [-0.3, -0.25) is 0 Å². The van der Waals surface area contributed by atoms with Gasteiger partial charge in [-0.15, -0.1) is 0 Å². The summed E-state index contributed by atoms with van der Waals surface area (Å²) in [4.78, 5) is 14.3. The Hall–Kier alpha value is -2.37. The fourth-order valence-electron chi connectivity index (χ4n) is 1.82. The van der Waals surface area contributed by atoms with E-state index < -0.39 is 0 Å². The highest BCUT2D eigenvalue weighted by Gasteiger charge is 2.13. The van der Waals surface area contributed by atoms with Crippen LogP contribution in [0.2, 0.25) is 0 Å². The largest absolute Gasteiger partial charge is 0.368 e. The van der Waals surface area contributed by atoms with Crippen LogP contribution in [0.15, 0.2) is 24.3 Å². The van der Waals surface area contributed by atoms with Crippen LogP contribution in [0, 0.1) is 0 Å². The number of benzene rings is 1. The Balaban J connectivity index is 2.22. The molecule has 0 radical (unpaired) electrons. The highest BCUT2D eigenvalue weighted by Crippen LogP contribution is 2.24. The number of nitrogens with two attached hydrogens (primary N) is 1. The normalized spacial score (nSPS) is 11.3. The van der Waals surface area contributed by atoms with Crippen molar-refractivity contribution in [3.63, 3.8) is 0 Å². The molecule has 0 atom stereocenters. The molecule has 112 valence electrons. The van der Waals surface area contributed by atoms with Crippen LogP contribution < -0.4 is 16.0 Å². The fourth-order valence-corrected chi connectivity index (χ4v) is 1.82. The summed E-state index contributed by atoms with van der Waals surface area (Å²) in [6, 6.07) is 8.21. The van der Waals surface area contributed by atoms with E-state index in [-0.39, 0.29) is 11.4 Å². The van der Waals surface area contributed by atoms with E-state index >= 15 is 0 Å². The second-order valence-electron chi connectivity index (χ2n) is 6.16. The maximum Gasteiger partial charge on any atom is 0.233 e. The molecule has 1 heterocycles. The van der Waals surface area contributed by atoms with E-state index in [4.69, 9.17) is 5.73 Å². The summed E-state index contributed by atoms with van der Waals surface area (Å²) in [7, 11) is 3.72. The lowest BCUT2D eigenvalue weighted by atomic mass is 9.87. The molecular formula is C15H22N6. The minimum absolute atomic E-state index is 0.133. The summed E-state index contributed by atoms with van der Waals surface area (Å²) in [6.45, 7) is 6.56. The van der Waals surface area contributed by atoms with Gasteiger partial charge in [0.1, 0.15) is 0 Å². The van der Waals surface area contributed by atoms with Gasteiger partial charge in [-0.05, 0) is 23.1 Å². The minimum Gasteiger partial charge on any atom is -0.368 e. The number of hydrogen-bond donors (Lipinski definition) is 2. The van der Waals surface area contributed by atoms with Crippen molar-refractivity contribution in [3.8, 4) is 0 Å². The average Bonchev–Trinajstić information content (AvgIpc) is 2.37. The molecule has 0 aliphatic carbocycles. The number of rotatable bonds is 3. The molecule has 0 fully saturated rings. The van der Waals surface area contributed by atoms with Crippen LogP contribution in [0.5, 0.6) is 0 Å². The molecule has 21 heavy (non-hydrogen) atoms. The topological polar surface area (TPSA) is 80.0 Å². The molecule has 0 amide bonds. The fraction of sp³-hybridized carbons (Fsp3) is 0.400. The van der Waals surface area contributed by atoms with Crippen molar-refractivity contribution < 1.29 is 0 Å². The summed E-state index contributed by atoms with van der Waals surface area (Å²) in [5, 5.41) is 3.15. The van der Waals surface area contributed by atoms with Gasteiger partial charge >= 0.3 is 0 Å². The Morgan fingerprint density at radius 3 is 2.14 bits per heavy atom. The zero-order chi connectivity index (χ0) is 15.6. The van der Waals surface area contributed by atoms with Gasteiger partial charge in [-0.2, -0.15) is 15.0 Å². The highest BCUT2D eigenvalue weighted by atomic mass is 15.3. The average molecular weight is 286 g/mol. The van der Waals surface area contributed by atoms with Crippen molar-refractivity contribution in [3.05, 3.63) is 29.8 Å². The molecular weight excluding hydrogens is 264 g/mol. The molecule has 0 aliphatic heterocycles. The second-order valence-corrected chi connectivity index (χ2v) is 6.16. The van der Waals surface area contributed by atoms with E-state index in [1.807, 2.05) is 26.2 Å². The van der Waals surface area contributed by atoms with E-state index in [0.29, 0.717) is 11.9 Å². The van der Waals surface area contributed by atoms with Crippen LogP contribution in [-0.4, -0.2) is 29.0 Å². The van der Waals surface area contributed by atoms with Crippen LogP contribution in [0.4, 0.5) is 23.5 Å². The molecule has 0 unspecified atom stereocenters. The minimum atomic E-state index is 0.133. The van der Waals surface area contributed by atoms with Crippen molar-refractivity contribution in [2.24, 2.45) is 0 Å². The quantitative estimate of drug-likeness (QED) is 0.902. The molecule has 2 aromatic rings. The molecule has 2 rings (SSSR count). The lowest BCUT2D eigenvalue weighted by Gasteiger charge is -2.19. The summed E-state index contributed by atoms with van der Waals surface area (Å²) in [6.07, 6.45) is 0. The van der Waals surface area contributed by atoms with Crippen LogP contribution >= 0.6 is 0 Å². The number of nitrogens with zero attached hydrogens (tertiary/aromatic N) is 4. The number of aromatic nitrogens is 3. The Kier molecular flexibility index (Phi) is 3.97. The third kappa shape index (κ3) is 3.81. The molecule has 6 heteroatoms. The number of anilines is 4. The third-order valence-corrected chi connectivity index (χ3v) is 3.05.